The number of hydrogen-bond acceptors (Lipinski definition) is 3. The molecule has 0 spiro atoms. The van der Waals surface area contributed by atoms with Crippen LogP contribution in [0.4, 0.5) is 11.4 Å². The molecule has 1 unspecified atom stereocenters. The molecule has 0 radical (unpaired) electrons. The molecule has 21 heavy (non-hydrogen) atoms. The number of nitrogens with two attached hydrogens (primary N) is 1. The number of unbranched alkanes of at least 4 members (excludes halogenated alkanes) is 1. The Morgan fingerprint density at radius 1 is 1.33 bits per heavy atom. The van der Waals surface area contributed by atoms with Crippen LogP contribution >= 0.6 is 0 Å². The molecule has 0 aliphatic rings. The first kappa shape index (κ1) is 17.3. The molecule has 1 aromatic carbocycles. The molecule has 1 amide bonds. The second kappa shape index (κ2) is 8.55. The van der Waals surface area contributed by atoms with E-state index in [1.165, 1.54) is 0 Å². The lowest BCUT2D eigenvalue weighted by molar-refractivity contribution is 0.0956. The van der Waals surface area contributed by atoms with Crippen LogP contribution in [0.2, 0.25) is 0 Å². The molecule has 0 fully saturated rings. The van der Waals surface area contributed by atoms with Crippen molar-refractivity contribution >= 4 is 17.3 Å². The molecule has 3 N–H and O–H groups in total. The van der Waals surface area contributed by atoms with Gasteiger partial charge in [0.25, 0.3) is 5.91 Å². The first-order valence-corrected chi connectivity index (χ1v) is 7.99. The number of anilines is 2. The highest BCUT2D eigenvalue weighted by Crippen LogP contribution is 2.27. The smallest absolute Gasteiger partial charge is 0.253 e. The summed E-state index contributed by atoms with van der Waals surface area (Å²) in [7, 11) is 0. The first-order chi connectivity index (χ1) is 10.0. The van der Waals surface area contributed by atoms with E-state index in [1.54, 1.807) is 6.07 Å². The molecule has 4 nitrogen and oxygen atoms in total. The van der Waals surface area contributed by atoms with Crippen molar-refractivity contribution < 1.29 is 4.79 Å². The molecule has 0 saturated carbocycles. The number of hydrogen-bond donors (Lipinski definition) is 2. The summed E-state index contributed by atoms with van der Waals surface area (Å²) in [5, 5.41) is 2.88. The summed E-state index contributed by atoms with van der Waals surface area (Å²) in [6, 6.07) is 5.93. The summed E-state index contributed by atoms with van der Waals surface area (Å²) in [6.07, 6.45) is 3.27. The van der Waals surface area contributed by atoms with Gasteiger partial charge < -0.3 is 16.0 Å². The molecule has 1 atom stereocenters. The predicted octanol–water partition coefficient (Wildman–Crippen LogP) is 3.42. The van der Waals surface area contributed by atoms with Crippen LogP contribution < -0.4 is 16.0 Å². The van der Waals surface area contributed by atoms with Crippen molar-refractivity contribution in [3.8, 4) is 0 Å². The maximum Gasteiger partial charge on any atom is 0.253 e. The monoisotopic (exact) mass is 291 g/mol. The number of nitrogens with zero attached hydrogens (tertiary/aromatic N) is 1. The Balaban J connectivity index is 3.20. The Labute approximate surface area is 128 Å². The maximum atomic E-state index is 12.3. The highest BCUT2D eigenvalue weighted by molar-refractivity contribution is 6.00. The first-order valence-electron chi connectivity index (χ1n) is 7.99. The lowest BCUT2D eigenvalue weighted by Crippen LogP contribution is -2.36. The van der Waals surface area contributed by atoms with Crippen LogP contribution in [0.1, 0.15) is 57.3 Å². The minimum absolute atomic E-state index is 0.0303. The Kier molecular flexibility index (Phi) is 7.06. The van der Waals surface area contributed by atoms with Crippen molar-refractivity contribution in [2.75, 3.05) is 23.7 Å². The van der Waals surface area contributed by atoms with E-state index in [9.17, 15) is 4.79 Å². The van der Waals surface area contributed by atoms with Gasteiger partial charge in [0.05, 0.1) is 11.3 Å². The second-order valence-electron chi connectivity index (χ2n) is 5.44. The SMILES string of the molecule is CCCCN(c1cc(N)ccc1C(=O)NCC)C(C)CC. The maximum absolute atomic E-state index is 12.3. The summed E-state index contributed by atoms with van der Waals surface area (Å²) in [6.45, 7) is 10.0. The zero-order chi connectivity index (χ0) is 15.8. The van der Waals surface area contributed by atoms with Crippen LogP contribution in [0.3, 0.4) is 0 Å². The van der Waals surface area contributed by atoms with Gasteiger partial charge in [-0.25, -0.2) is 0 Å². The molecule has 0 aliphatic carbocycles. The average Bonchev–Trinajstić information content (AvgIpc) is 2.47. The molecule has 4 heteroatoms. The van der Waals surface area contributed by atoms with Crippen LogP contribution in [-0.2, 0) is 0 Å². The summed E-state index contributed by atoms with van der Waals surface area (Å²) < 4.78 is 0. The summed E-state index contributed by atoms with van der Waals surface area (Å²) >= 11 is 0. The van der Waals surface area contributed by atoms with Gasteiger partial charge in [-0.3, -0.25) is 4.79 Å². The number of carbonyl (C=O) groups excluding carboxylic acids is 1. The minimum atomic E-state index is -0.0303. The predicted molar refractivity (Wildman–Crippen MR) is 90.9 cm³/mol. The number of rotatable bonds is 8. The fraction of sp³-hybridized carbons (Fsp3) is 0.588. The highest BCUT2D eigenvalue weighted by Gasteiger charge is 2.19. The molecule has 0 bridgehead atoms. The number of amides is 1. The van der Waals surface area contributed by atoms with E-state index in [4.69, 9.17) is 5.73 Å². The van der Waals surface area contributed by atoms with Crippen molar-refractivity contribution in [2.24, 2.45) is 0 Å². The Bertz CT molecular complexity index is 459. The van der Waals surface area contributed by atoms with E-state index in [1.807, 2.05) is 19.1 Å². The van der Waals surface area contributed by atoms with Crippen molar-refractivity contribution in [1.82, 2.24) is 5.32 Å². The largest absolute Gasteiger partial charge is 0.399 e. The number of nitrogen functional groups attached to an aromatic ring is 1. The fourth-order valence-electron chi connectivity index (χ4n) is 2.36. The van der Waals surface area contributed by atoms with Crippen LogP contribution in [0.15, 0.2) is 18.2 Å². The van der Waals surface area contributed by atoms with Gasteiger partial charge in [-0.1, -0.05) is 20.3 Å². The third-order valence-corrected chi connectivity index (χ3v) is 3.79. The van der Waals surface area contributed by atoms with Gasteiger partial charge in [-0.15, -0.1) is 0 Å². The second-order valence-corrected chi connectivity index (χ2v) is 5.44. The van der Waals surface area contributed by atoms with Crippen LogP contribution in [0.5, 0.6) is 0 Å². The van der Waals surface area contributed by atoms with Crippen LogP contribution in [0.25, 0.3) is 0 Å². The van der Waals surface area contributed by atoms with Gasteiger partial charge in [0.2, 0.25) is 0 Å². The molecule has 0 heterocycles. The van der Waals surface area contributed by atoms with Crippen molar-refractivity contribution in [1.29, 1.82) is 0 Å². The molecule has 1 aromatic rings. The molecular weight excluding hydrogens is 262 g/mol. The van der Waals surface area contributed by atoms with E-state index < -0.39 is 0 Å². The van der Waals surface area contributed by atoms with Gasteiger partial charge in [0, 0.05) is 24.8 Å². The van der Waals surface area contributed by atoms with Crippen LogP contribution in [0, 0.1) is 0 Å². The quantitative estimate of drug-likeness (QED) is 0.721. The standard InChI is InChI=1S/C17H29N3O/c1-5-8-11-20(13(4)6-2)16-12-14(18)9-10-15(16)17(21)19-7-3/h9-10,12-13H,5-8,11,18H2,1-4H3,(H,19,21). The average molecular weight is 291 g/mol. The summed E-state index contributed by atoms with van der Waals surface area (Å²) in [5.41, 5.74) is 8.31. The number of benzene rings is 1. The van der Waals surface area contributed by atoms with Gasteiger partial charge in [0.1, 0.15) is 0 Å². The van der Waals surface area contributed by atoms with E-state index in [0.717, 1.165) is 31.5 Å². The molecule has 0 aliphatic heterocycles. The van der Waals surface area contributed by atoms with Crippen molar-refractivity contribution in [2.45, 2.75) is 53.0 Å². The Morgan fingerprint density at radius 2 is 2.05 bits per heavy atom. The third-order valence-electron chi connectivity index (χ3n) is 3.79. The van der Waals surface area contributed by atoms with Gasteiger partial charge in [-0.05, 0) is 44.9 Å². The molecule has 118 valence electrons. The normalized spacial score (nSPS) is 12.0. The highest BCUT2D eigenvalue weighted by atomic mass is 16.1. The van der Waals surface area contributed by atoms with Gasteiger partial charge in [0.15, 0.2) is 0 Å². The number of nitrogens with one attached hydrogen (secondary N) is 1. The Hall–Kier alpha value is -1.71. The van der Waals surface area contributed by atoms with E-state index in [-0.39, 0.29) is 5.91 Å². The van der Waals surface area contributed by atoms with E-state index in [2.05, 4.69) is 31.0 Å². The van der Waals surface area contributed by atoms with E-state index >= 15 is 0 Å². The summed E-state index contributed by atoms with van der Waals surface area (Å²) in [4.78, 5) is 14.6. The molecule has 0 aromatic heterocycles. The van der Waals surface area contributed by atoms with E-state index in [0.29, 0.717) is 23.8 Å². The van der Waals surface area contributed by atoms with Crippen LogP contribution in [-0.4, -0.2) is 25.0 Å². The molecular formula is C17H29N3O. The zero-order valence-corrected chi connectivity index (χ0v) is 13.8. The minimum Gasteiger partial charge on any atom is -0.399 e. The van der Waals surface area contributed by atoms with Crippen molar-refractivity contribution in [3.05, 3.63) is 23.8 Å². The third kappa shape index (κ3) is 4.66. The topological polar surface area (TPSA) is 58.4 Å². The fourth-order valence-corrected chi connectivity index (χ4v) is 2.36. The van der Waals surface area contributed by atoms with Gasteiger partial charge in [-0.2, -0.15) is 0 Å². The molecule has 0 saturated heterocycles. The van der Waals surface area contributed by atoms with Gasteiger partial charge >= 0.3 is 0 Å². The summed E-state index contributed by atoms with van der Waals surface area (Å²) in [5.74, 6) is -0.0303. The zero-order valence-electron chi connectivity index (χ0n) is 13.8. The lowest BCUT2D eigenvalue weighted by Gasteiger charge is -2.32. The molecule has 1 rings (SSSR count). The number of carbonyl (C=O) groups is 1. The van der Waals surface area contributed by atoms with Crippen molar-refractivity contribution in [3.63, 3.8) is 0 Å². The lowest BCUT2D eigenvalue weighted by atomic mass is 10.1. The Morgan fingerprint density at radius 3 is 2.62 bits per heavy atom.